The van der Waals surface area contributed by atoms with Gasteiger partial charge in [-0.15, -0.1) is 0 Å². The molecule has 2 fully saturated rings. The van der Waals surface area contributed by atoms with Crippen molar-refractivity contribution in [3.63, 3.8) is 0 Å². The van der Waals surface area contributed by atoms with E-state index >= 15 is 0 Å². The van der Waals surface area contributed by atoms with Crippen molar-refractivity contribution in [1.29, 1.82) is 0 Å². The molecule has 0 bridgehead atoms. The van der Waals surface area contributed by atoms with Crippen molar-refractivity contribution < 1.29 is 0 Å². The Bertz CT molecular complexity index is 642. The van der Waals surface area contributed by atoms with Gasteiger partial charge in [0.25, 0.3) is 0 Å². The quantitative estimate of drug-likeness (QED) is 0.866. The fourth-order valence-corrected chi connectivity index (χ4v) is 4.34. The van der Waals surface area contributed by atoms with Crippen LogP contribution >= 0.6 is 11.8 Å². The normalized spacial score (nSPS) is 21.7. The van der Waals surface area contributed by atoms with Gasteiger partial charge in [-0.1, -0.05) is 30.3 Å². The second-order valence-electron chi connectivity index (χ2n) is 6.18. The lowest BCUT2D eigenvalue weighted by atomic mass is 9.99. The van der Waals surface area contributed by atoms with Crippen molar-refractivity contribution in [3.8, 4) is 0 Å². The van der Waals surface area contributed by atoms with Gasteiger partial charge in [-0.3, -0.25) is 0 Å². The van der Waals surface area contributed by atoms with E-state index in [9.17, 15) is 0 Å². The van der Waals surface area contributed by atoms with E-state index in [1.807, 2.05) is 11.8 Å². The van der Waals surface area contributed by atoms with Gasteiger partial charge in [-0.2, -0.15) is 11.8 Å². The molecule has 1 unspecified atom stereocenters. The summed E-state index contributed by atoms with van der Waals surface area (Å²) < 4.78 is 0. The van der Waals surface area contributed by atoms with E-state index in [-0.39, 0.29) is 0 Å². The number of aromatic nitrogens is 2. The summed E-state index contributed by atoms with van der Waals surface area (Å²) in [5.41, 5.74) is 1.44. The van der Waals surface area contributed by atoms with Crippen molar-refractivity contribution in [2.45, 2.75) is 12.3 Å². The minimum absolute atomic E-state index is 0.612. The zero-order chi connectivity index (χ0) is 15.5. The molecule has 120 valence electrons. The van der Waals surface area contributed by atoms with E-state index in [2.05, 4.69) is 56.2 Å². The minimum atomic E-state index is 0.612. The van der Waals surface area contributed by atoms with Crippen LogP contribution in [0.4, 0.5) is 11.6 Å². The van der Waals surface area contributed by atoms with Gasteiger partial charge in [0.15, 0.2) is 0 Å². The lowest BCUT2D eigenvalue weighted by Gasteiger charge is -2.28. The number of anilines is 2. The topological polar surface area (TPSA) is 32.3 Å². The molecule has 0 radical (unpaired) electrons. The predicted octanol–water partition coefficient (Wildman–Crippen LogP) is 3.02. The summed E-state index contributed by atoms with van der Waals surface area (Å²) in [6, 6.07) is 13.0. The third kappa shape index (κ3) is 3.29. The highest BCUT2D eigenvalue weighted by Crippen LogP contribution is 2.30. The van der Waals surface area contributed by atoms with Gasteiger partial charge in [0, 0.05) is 49.7 Å². The molecule has 3 heterocycles. The smallest absolute Gasteiger partial charge is 0.134 e. The fourth-order valence-electron chi connectivity index (χ4n) is 3.44. The van der Waals surface area contributed by atoms with Crippen LogP contribution in [0.5, 0.6) is 0 Å². The van der Waals surface area contributed by atoms with Crippen LogP contribution in [-0.2, 0) is 0 Å². The molecule has 1 aromatic heterocycles. The van der Waals surface area contributed by atoms with Crippen LogP contribution in [0.1, 0.15) is 17.9 Å². The largest absolute Gasteiger partial charge is 0.356 e. The van der Waals surface area contributed by atoms with E-state index < -0.39 is 0 Å². The fraction of sp³-hybridized carbons (Fsp3) is 0.444. The van der Waals surface area contributed by atoms with Crippen LogP contribution in [-0.4, -0.2) is 47.7 Å². The molecular formula is C18H22N4S. The molecule has 4 nitrogen and oxygen atoms in total. The monoisotopic (exact) mass is 326 g/mol. The third-order valence-electron chi connectivity index (χ3n) is 4.76. The van der Waals surface area contributed by atoms with Crippen molar-refractivity contribution in [2.75, 3.05) is 47.5 Å². The Hall–Kier alpha value is -1.75. The second kappa shape index (κ2) is 6.79. The molecule has 2 aliphatic heterocycles. The zero-order valence-electron chi connectivity index (χ0n) is 13.3. The first-order valence-electron chi connectivity index (χ1n) is 8.35. The number of benzene rings is 1. The maximum atomic E-state index is 4.53. The van der Waals surface area contributed by atoms with E-state index in [0.717, 1.165) is 37.8 Å². The Kier molecular flexibility index (Phi) is 4.37. The van der Waals surface area contributed by atoms with Crippen LogP contribution in [0.25, 0.3) is 0 Å². The zero-order valence-corrected chi connectivity index (χ0v) is 14.1. The molecule has 23 heavy (non-hydrogen) atoms. The summed E-state index contributed by atoms with van der Waals surface area (Å²) in [5.74, 6) is 5.16. The number of hydrogen-bond donors (Lipinski definition) is 0. The van der Waals surface area contributed by atoms with Crippen molar-refractivity contribution in [2.24, 2.45) is 0 Å². The number of hydrogen-bond acceptors (Lipinski definition) is 5. The van der Waals surface area contributed by atoms with E-state index in [1.165, 1.54) is 23.5 Å². The van der Waals surface area contributed by atoms with Crippen LogP contribution in [0.3, 0.4) is 0 Å². The molecule has 0 aliphatic carbocycles. The van der Waals surface area contributed by atoms with Gasteiger partial charge >= 0.3 is 0 Å². The molecule has 1 atom stereocenters. The van der Waals surface area contributed by atoms with Gasteiger partial charge in [-0.25, -0.2) is 9.97 Å². The molecule has 0 N–H and O–H groups in total. The van der Waals surface area contributed by atoms with Gasteiger partial charge in [0.05, 0.1) is 0 Å². The summed E-state index contributed by atoms with van der Waals surface area (Å²) >= 11 is 2.03. The summed E-state index contributed by atoms with van der Waals surface area (Å²) in [7, 11) is 0. The van der Waals surface area contributed by atoms with Crippen LogP contribution in [0, 0.1) is 0 Å². The maximum Gasteiger partial charge on any atom is 0.134 e. The van der Waals surface area contributed by atoms with E-state index in [0.29, 0.717) is 5.92 Å². The Morgan fingerprint density at radius 3 is 2.43 bits per heavy atom. The lowest BCUT2D eigenvalue weighted by molar-refractivity contribution is 0.773. The highest BCUT2D eigenvalue weighted by molar-refractivity contribution is 7.99. The number of nitrogens with zero attached hydrogens (tertiary/aromatic N) is 4. The first kappa shape index (κ1) is 14.8. The van der Waals surface area contributed by atoms with Crippen molar-refractivity contribution in [3.05, 3.63) is 48.3 Å². The highest BCUT2D eigenvalue weighted by atomic mass is 32.2. The first-order valence-corrected chi connectivity index (χ1v) is 9.50. The molecule has 0 amide bonds. The summed E-state index contributed by atoms with van der Waals surface area (Å²) in [6.45, 7) is 4.31. The number of thioether (sulfide) groups is 1. The predicted molar refractivity (Wildman–Crippen MR) is 97.6 cm³/mol. The molecule has 0 spiro atoms. The molecule has 1 aromatic carbocycles. The second-order valence-corrected chi connectivity index (χ2v) is 7.40. The maximum absolute atomic E-state index is 4.53. The Balaban J connectivity index is 1.48. The first-order chi connectivity index (χ1) is 11.4. The van der Waals surface area contributed by atoms with Gasteiger partial charge in [0.2, 0.25) is 0 Å². The minimum Gasteiger partial charge on any atom is -0.356 e. The third-order valence-corrected chi connectivity index (χ3v) is 5.70. The SMILES string of the molecule is c1ccc(C2CCN(c3cc(N4CCSCC4)ncn3)C2)cc1. The molecule has 2 aliphatic rings. The summed E-state index contributed by atoms with van der Waals surface area (Å²) in [6.07, 6.45) is 2.92. The Morgan fingerprint density at radius 1 is 0.913 bits per heavy atom. The van der Waals surface area contributed by atoms with Gasteiger partial charge < -0.3 is 9.80 Å². The van der Waals surface area contributed by atoms with Crippen LogP contribution < -0.4 is 9.80 Å². The van der Waals surface area contributed by atoms with Gasteiger partial charge in [0.1, 0.15) is 18.0 Å². The highest BCUT2D eigenvalue weighted by Gasteiger charge is 2.25. The molecule has 0 saturated carbocycles. The van der Waals surface area contributed by atoms with E-state index in [1.54, 1.807) is 6.33 Å². The molecule has 4 rings (SSSR count). The Morgan fingerprint density at radius 2 is 1.65 bits per heavy atom. The van der Waals surface area contributed by atoms with Crippen molar-refractivity contribution in [1.82, 2.24) is 9.97 Å². The Labute approximate surface area is 141 Å². The summed E-state index contributed by atoms with van der Waals surface area (Å²) in [5, 5.41) is 0. The molecule has 2 aromatic rings. The number of rotatable bonds is 3. The average Bonchev–Trinajstić information content (AvgIpc) is 3.14. The standard InChI is InChI=1S/C18H22N4S/c1-2-4-15(5-3-1)16-6-7-22(13-16)18-12-17(19-14-20-18)21-8-10-23-11-9-21/h1-5,12,14,16H,6-11,13H2. The molecule has 2 saturated heterocycles. The van der Waals surface area contributed by atoms with Gasteiger partial charge in [-0.05, 0) is 12.0 Å². The van der Waals surface area contributed by atoms with Crippen LogP contribution in [0.15, 0.2) is 42.7 Å². The molecular weight excluding hydrogens is 304 g/mol. The average molecular weight is 326 g/mol. The van der Waals surface area contributed by atoms with Crippen LogP contribution in [0.2, 0.25) is 0 Å². The molecule has 5 heteroatoms. The van der Waals surface area contributed by atoms with E-state index in [4.69, 9.17) is 0 Å². The summed E-state index contributed by atoms with van der Waals surface area (Å²) in [4.78, 5) is 13.8. The van der Waals surface area contributed by atoms with Crippen molar-refractivity contribution >= 4 is 23.4 Å². The lowest BCUT2D eigenvalue weighted by Crippen LogP contribution is -2.33.